The van der Waals surface area contributed by atoms with E-state index in [1.807, 2.05) is 6.07 Å². The molecule has 126 valence electrons. The minimum absolute atomic E-state index is 0.351. The van der Waals surface area contributed by atoms with Crippen molar-refractivity contribution in [2.75, 3.05) is 6.54 Å². The van der Waals surface area contributed by atoms with Crippen molar-refractivity contribution in [3.05, 3.63) is 56.8 Å². The lowest BCUT2D eigenvalue weighted by molar-refractivity contribution is 0.628. The van der Waals surface area contributed by atoms with E-state index in [2.05, 4.69) is 4.98 Å². The fraction of sp³-hybridized carbons (Fsp3) is 0.222. The number of benzene rings is 2. The van der Waals surface area contributed by atoms with Crippen LogP contribution < -0.4 is 5.73 Å². The van der Waals surface area contributed by atoms with Crippen LogP contribution in [-0.4, -0.2) is 11.5 Å². The molecule has 1 heterocycles. The molecule has 0 radical (unpaired) electrons. The second-order valence-corrected chi connectivity index (χ2v) is 6.82. The van der Waals surface area contributed by atoms with Gasteiger partial charge < -0.3 is 10.7 Å². The molecule has 0 unspecified atom stereocenters. The Morgan fingerprint density at radius 3 is 2.50 bits per heavy atom. The molecule has 1 aromatic heterocycles. The Balaban J connectivity index is 2.21. The van der Waals surface area contributed by atoms with Gasteiger partial charge in [-0.25, -0.2) is 4.39 Å². The van der Waals surface area contributed by atoms with Gasteiger partial charge in [-0.1, -0.05) is 40.9 Å². The molecule has 2 nitrogen and oxygen atoms in total. The zero-order valence-electron chi connectivity index (χ0n) is 12.8. The highest BCUT2D eigenvalue weighted by atomic mass is 35.5. The molecule has 3 N–H and O–H groups in total. The maximum atomic E-state index is 13.4. The van der Waals surface area contributed by atoms with Crippen LogP contribution in [0.2, 0.25) is 15.1 Å². The number of hydrogen-bond donors (Lipinski definition) is 2. The van der Waals surface area contributed by atoms with E-state index in [4.69, 9.17) is 40.5 Å². The lowest BCUT2D eigenvalue weighted by Crippen LogP contribution is -1.99. The van der Waals surface area contributed by atoms with Gasteiger partial charge in [-0.15, -0.1) is 0 Å². The number of unbranched alkanes of at least 4 members (excludes halogenated alkanes) is 1. The third-order valence-corrected chi connectivity index (χ3v) is 5.17. The van der Waals surface area contributed by atoms with Gasteiger partial charge >= 0.3 is 0 Å². The Morgan fingerprint density at radius 1 is 1.00 bits per heavy atom. The predicted molar refractivity (Wildman–Crippen MR) is 101 cm³/mol. The summed E-state index contributed by atoms with van der Waals surface area (Å²) >= 11 is 18.7. The van der Waals surface area contributed by atoms with E-state index in [9.17, 15) is 4.39 Å². The third kappa shape index (κ3) is 3.27. The highest BCUT2D eigenvalue weighted by Gasteiger charge is 2.18. The van der Waals surface area contributed by atoms with Crippen molar-refractivity contribution in [2.45, 2.75) is 19.3 Å². The average molecular weight is 386 g/mol. The van der Waals surface area contributed by atoms with E-state index in [0.29, 0.717) is 21.6 Å². The van der Waals surface area contributed by atoms with Gasteiger partial charge in [0, 0.05) is 10.9 Å². The number of halogens is 4. The summed E-state index contributed by atoms with van der Waals surface area (Å²) in [5, 5.41) is 2.30. The van der Waals surface area contributed by atoms with Crippen molar-refractivity contribution < 1.29 is 4.39 Å². The van der Waals surface area contributed by atoms with Crippen LogP contribution >= 0.6 is 34.8 Å². The van der Waals surface area contributed by atoms with E-state index in [-0.39, 0.29) is 5.82 Å². The summed E-state index contributed by atoms with van der Waals surface area (Å²) in [5.74, 6) is -0.370. The van der Waals surface area contributed by atoms with Crippen molar-refractivity contribution in [2.24, 2.45) is 5.73 Å². The van der Waals surface area contributed by atoms with Crippen LogP contribution in [0.25, 0.3) is 22.2 Å². The predicted octanol–water partition coefficient (Wildman–Crippen LogP) is 6.22. The van der Waals surface area contributed by atoms with Crippen LogP contribution in [0, 0.1) is 5.82 Å². The van der Waals surface area contributed by atoms with E-state index < -0.39 is 0 Å². The Kier molecular flexibility index (Phi) is 5.36. The van der Waals surface area contributed by atoms with Crippen molar-refractivity contribution >= 4 is 45.7 Å². The largest absolute Gasteiger partial charge is 0.353 e. The van der Waals surface area contributed by atoms with Gasteiger partial charge in [0.1, 0.15) is 5.82 Å². The first-order chi connectivity index (χ1) is 11.5. The number of aromatic nitrogens is 1. The maximum Gasteiger partial charge on any atom is 0.124 e. The average Bonchev–Trinajstić information content (AvgIpc) is 2.91. The molecule has 0 spiro atoms. The lowest BCUT2D eigenvalue weighted by atomic mass is 10.00. The number of rotatable bonds is 5. The van der Waals surface area contributed by atoms with Crippen LogP contribution in [0.1, 0.15) is 18.4 Å². The zero-order valence-corrected chi connectivity index (χ0v) is 15.1. The van der Waals surface area contributed by atoms with Gasteiger partial charge in [0.2, 0.25) is 0 Å². The fourth-order valence-corrected chi connectivity index (χ4v) is 3.52. The van der Waals surface area contributed by atoms with E-state index in [1.165, 1.54) is 12.1 Å². The zero-order chi connectivity index (χ0) is 17.3. The van der Waals surface area contributed by atoms with Gasteiger partial charge in [0.25, 0.3) is 0 Å². The van der Waals surface area contributed by atoms with Gasteiger partial charge in [0.05, 0.1) is 26.3 Å². The molecule has 0 fully saturated rings. The van der Waals surface area contributed by atoms with Crippen LogP contribution in [0.15, 0.2) is 30.3 Å². The third-order valence-electron chi connectivity index (χ3n) is 4.05. The number of aromatic amines is 1. The Hall–Kier alpha value is -1.26. The summed E-state index contributed by atoms with van der Waals surface area (Å²) in [6.07, 6.45) is 2.68. The minimum atomic E-state index is -0.370. The lowest BCUT2D eigenvalue weighted by Gasteiger charge is -2.07. The summed E-state index contributed by atoms with van der Waals surface area (Å²) in [6, 6.07) is 8.09. The highest BCUT2D eigenvalue weighted by molar-refractivity contribution is 6.45. The summed E-state index contributed by atoms with van der Waals surface area (Å²) in [6.45, 7) is 0.640. The molecule has 0 saturated carbocycles. The molecule has 0 amide bonds. The van der Waals surface area contributed by atoms with Crippen LogP contribution in [0.4, 0.5) is 4.39 Å². The Bertz CT molecular complexity index is 890. The number of nitrogens with one attached hydrogen (secondary N) is 1. The summed E-state index contributed by atoms with van der Waals surface area (Å²) in [5.41, 5.74) is 9.04. The van der Waals surface area contributed by atoms with Crippen molar-refractivity contribution in [3.63, 3.8) is 0 Å². The van der Waals surface area contributed by atoms with Crippen molar-refractivity contribution in [3.8, 4) is 11.3 Å². The van der Waals surface area contributed by atoms with Crippen LogP contribution in [0.3, 0.4) is 0 Å². The number of nitrogens with two attached hydrogens (primary N) is 1. The quantitative estimate of drug-likeness (QED) is 0.503. The molecule has 0 saturated heterocycles. The molecule has 6 heteroatoms. The standard InChI is InChI=1S/C18H16Cl3FN2/c19-14-7-6-12-11(3-1-2-8-23)17(24-18(12)16(14)21)13-5-4-10(22)9-15(13)20/h4-7,9,24H,1-3,8,23H2. The molecular formula is C18H16Cl3FN2. The Labute approximate surface area is 154 Å². The molecule has 0 aliphatic heterocycles. The number of H-pyrrole nitrogens is 1. The molecule has 0 aliphatic rings. The summed E-state index contributed by atoms with van der Waals surface area (Å²) in [4.78, 5) is 3.32. The summed E-state index contributed by atoms with van der Waals surface area (Å²) in [7, 11) is 0. The molecule has 0 aliphatic carbocycles. The topological polar surface area (TPSA) is 41.8 Å². The highest BCUT2D eigenvalue weighted by Crippen LogP contribution is 2.39. The molecule has 3 aromatic rings. The number of aryl methyl sites for hydroxylation is 1. The summed E-state index contributed by atoms with van der Waals surface area (Å²) < 4.78 is 13.4. The van der Waals surface area contributed by atoms with E-state index in [0.717, 1.165) is 47.0 Å². The number of fused-ring (bicyclic) bond motifs is 1. The molecule has 0 atom stereocenters. The molecule has 3 rings (SSSR count). The monoisotopic (exact) mass is 384 g/mol. The fourth-order valence-electron chi connectivity index (χ4n) is 2.89. The van der Waals surface area contributed by atoms with Gasteiger partial charge in [-0.3, -0.25) is 0 Å². The number of hydrogen-bond acceptors (Lipinski definition) is 1. The normalized spacial score (nSPS) is 11.4. The van der Waals surface area contributed by atoms with E-state index >= 15 is 0 Å². The Morgan fingerprint density at radius 2 is 1.79 bits per heavy atom. The first-order valence-electron chi connectivity index (χ1n) is 7.67. The first-order valence-corrected chi connectivity index (χ1v) is 8.80. The van der Waals surface area contributed by atoms with Gasteiger partial charge in [0.15, 0.2) is 0 Å². The van der Waals surface area contributed by atoms with Crippen molar-refractivity contribution in [1.29, 1.82) is 0 Å². The molecular weight excluding hydrogens is 370 g/mol. The SMILES string of the molecule is NCCCCc1c(-c2ccc(F)cc2Cl)[nH]c2c(Cl)c(Cl)ccc12. The van der Waals surface area contributed by atoms with Gasteiger partial charge in [-0.2, -0.15) is 0 Å². The van der Waals surface area contributed by atoms with Crippen LogP contribution in [-0.2, 0) is 6.42 Å². The van der Waals surface area contributed by atoms with Crippen LogP contribution in [0.5, 0.6) is 0 Å². The smallest absolute Gasteiger partial charge is 0.124 e. The maximum absolute atomic E-state index is 13.4. The van der Waals surface area contributed by atoms with Crippen molar-refractivity contribution in [1.82, 2.24) is 4.98 Å². The second-order valence-electron chi connectivity index (χ2n) is 5.63. The molecule has 2 aromatic carbocycles. The molecule has 24 heavy (non-hydrogen) atoms. The minimum Gasteiger partial charge on any atom is -0.353 e. The first kappa shape index (κ1) is 17.6. The van der Waals surface area contributed by atoms with E-state index in [1.54, 1.807) is 12.1 Å². The van der Waals surface area contributed by atoms with Gasteiger partial charge in [-0.05, 0) is 55.6 Å². The second kappa shape index (κ2) is 7.32. The molecule has 0 bridgehead atoms.